The van der Waals surface area contributed by atoms with Crippen molar-refractivity contribution in [3.05, 3.63) is 83.4 Å². The molecule has 0 fully saturated rings. The Morgan fingerprint density at radius 2 is 1.54 bits per heavy atom. The van der Waals surface area contributed by atoms with Crippen molar-refractivity contribution >= 4 is 11.9 Å². The van der Waals surface area contributed by atoms with Crippen molar-refractivity contribution in [2.45, 2.75) is 38.6 Å². The van der Waals surface area contributed by atoms with Crippen molar-refractivity contribution in [3.63, 3.8) is 0 Å². The quantitative estimate of drug-likeness (QED) is 0.305. The third-order valence-corrected chi connectivity index (χ3v) is 6.29. The average molecular weight is 530 g/mol. The summed E-state index contributed by atoms with van der Waals surface area (Å²) in [6.07, 6.45) is 0.114. The minimum absolute atomic E-state index is 0.0452. The monoisotopic (exact) mass is 529 g/mol. The molecular formula is C30H31N3O6. The Hall–Kier alpha value is -4.66. The largest absolute Gasteiger partial charge is 0.497 e. The van der Waals surface area contributed by atoms with Gasteiger partial charge in [0.1, 0.15) is 17.5 Å². The summed E-state index contributed by atoms with van der Waals surface area (Å²) < 4.78 is 16.0. The second-order valence-corrected chi connectivity index (χ2v) is 10.1. The van der Waals surface area contributed by atoms with Gasteiger partial charge in [-0.15, -0.1) is 0 Å². The van der Waals surface area contributed by atoms with Crippen molar-refractivity contribution in [1.29, 1.82) is 0 Å². The van der Waals surface area contributed by atoms with Gasteiger partial charge >= 0.3 is 5.97 Å². The summed E-state index contributed by atoms with van der Waals surface area (Å²) in [7, 11) is 3.12. The van der Waals surface area contributed by atoms with Crippen LogP contribution >= 0.6 is 0 Å². The number of hydrogen-bond donors (Lipinski definition) is 2. The van der Waals surface area contributed by atoms with Crippen LogP contribution in [0.2, 0.25) is 0 Å². The molecule has 202 valence electrons. The first-order valence-electron chi connectivity index (χ1n) is 12.4. The van der Waals surface area contributed by atoms with Crippen LogP contribution in [0.25, 0.3) is 22.8 Å². The summed E-state index contributed by atoms with van der Waals surface area (Å²) in [5.74, 6) is 0.310. The highest BCUT2D eigenvalue weighted by Gasteiger charge is 2.22. The van der Waals surface area contributed by atoms with Gasteiger partial charge in [-0.25, -0.2) is 4.79 Å². The van der Waals surface area contributed by atoms with E-state index < -0.39 is 17.9 Å². The molecule has 1 heterocycles. The Morgan fingerprint density at radius 1 is 0.923 bits per heavy atom. The number of amides is 1. The number of carbonyl (C=O) groups excluding carboxylic acids is 1. The lowest BCUT2D eigenvalue weighted by Gasteiger charge is -2.19. The fourth-order valence-electron chi connectivity index (χ4n) is 3.98. The van der Waals surface area contributed by atoms with Gasteiger partial charge in [0, 0.05) is 29.2 Å². The highest BCUT2D eigenvalue weighted by Crippen LogP contribution is 2.30. The van der Waals surface area contributed by atoms with Crippen molar-refractivity contribution in [2.75, 3.05) is 14.2 Å². The maximum absolute atomic E-state index is 12.7. The number of benzene rings is 3. The van der Waals surface area contributed by atoms with Crippen LogP contribution in [0.3, 0.4) is 0 Å². The molecule has 3 aromatic carbocycles. The molecule has 0 bridgehead atoms. The van der Waals surface area contributed by atoms with Crippen LogP contribution < -0.4 is 14.8 Å². The first kappa shape index (κ1) is 27.4. The Labute approximate surface area is 226 Å². The minimum atomic E-state index is -1.12. The number of carboxylic acids is 1. The number of methoxy groups -OCH3 is 2. The molecule has 0 saturated carbocycles. The molecule has 9 nitrogen and oxygen atoms in total. The molecule has 1 aromatic heterocycles. The summed E-state index contributed by atoms with van der Waals surface area (Å²) in [6, 6.07) is 18.5. The number of aromatic nitrogens is 2. The summed E-state index contributed by atoms with van der Waals surface area (Å²) in [5.41, 5.74) is 3.53. The van der Waals surface area contributed by atoms with E-state index in [9.17, 15) is 14.7 Å². The summed E-state index contributed by atoms with van der Waals surface area (Å²) >= 11 is 0. The number of carboxylic acid groups (broad SMARTS) is 1. The van der Waals surface area contributed by atoms with Crippen molar-refractivity contribution < 1.29 is 28.7 Å². The zero-order valence-electron chi connectivity index (χ0n) is 22.5. The van der Waals surface area contributed by atoms with Crippen molar-refractivity contribution in [3.8, 4) is 34.3 Å². The van der Waals surface area contributed by atoms with E-state index in [1.165, 1.54) is 0 Å². The second kappa shape index (κ2) is 11.4. The Morgan fingerprint density at radius 3 is 2.08 bits per heavy atom. The normalized spacial score (nSPS) is 12.0. The van der Waals surface area contributed by atoms with E-state index in [0.29, 0.717) is 39.9 Å². The first-order chi connectivity index (χ1) is 18.6. The average Bonchev–Trinajstić information content (AvgIpc) is 3.42. The van der Waals surface area contributed by atoms with E-state index in [1.54, 1.807) is 68.8 Å². The molecule has 0 unspecified atom stereocenters. The van der Waals surface area contributed by atoms with E-state index in [1.807, 2.05) is 12.1 Å². The highest BCUT2D eigenvalue weighted by atomic mass is 16.5. The molecule has 39 heavy (non-hydrogen) atoms. The Balaban J connectivity index is 1.45. The van der Waals surface area contributed by atoms with Crippen LogP contribution in [-0.4, -0.2) is 47.4 Å². The van der Waals surface area contributed by atoms with E-state index in [0.717, 1.165) is 11.1 Å². The number of ether oxygens (including phenoxy) is 2. The maximum Gasteiger partial charge on any atom is 0.326 e. The topological polar surface area (TPSA) is 124 Å². The molecule has 1 amide bonds. The lowest BCUT2D eigenvalue weighted by Crippen LogP contribution is -2.42. The van der Waals surface area contributed by atoms with Gasteiger partial charge in [0.15, 0.2) is 0 Å². The fraction of sp³-hybridized carbons (Fsp3) is 0.267. The van der Waals surface area contributed by atoms with Gasteiger partial charge in [-0.1, -0.05) is 62.3 Å². The Kier molecular flexibility index (Phi) is 7.99. The van der Waals surface area contributed by atoms with Crippen LogP contribution in [0.15, 0.2) is 71.3 Å². The smallest absolute Gasteiger partial charge is 0.326 e. The molecule has 4 rings (SSSR count). The van der Waals surface area contributed by atoms with Gasteiger partial charge in [0.05, 0.1) is 14.2 Å². The maximum atomic E-state index is 12.7. The van der Waals surface area contributed by atoms with E-state index in [2.05, 4.69) is 36.2 Å². The summed E-state index contributed by atoms with van der Waals surface area (Å²) in [5, 5.41) is 16.4. The van der Waals surface area contributed by atoms with E-state index in [-0.39, 0.29) is 11.8 Å². The second-order valence-electron chi connectivity index (χ2n) is 10.1. The van der Waals surface area contributed by atoms with E-state index in [4.69, 9.17) is 14.0 Å². The first-order valence-corrected chi connectivity index (χ1v) is 12.4. The molecule has 9 heteroatoms. The molecule has 0 spiro atoms. The molecule has 0 aliphatic carbocycles. The summed E-state index contributed by atoms with van der Waals surface area (Å²) in [6.45, 7) is 6.26. The van der Waals surface area contributed by atoms with Crippen LogP contribution in [0, 0.1) is 0 Å². The van der Waals surface area contributed by atoms with Crippen molar-refractivity contribution in [1.82, 2.24) is 15.5 Å². The molecular weight excluding hydrogens is 498 g/mol. The molecule has 4 aromatic rings. The Bertz CT molecular complexity index is 1430. The van der Waals surface area contributed by atoms with Gasteiger partial charge in [0.25, 0.3) is 11.8 Å². The van der Waals surface area contributed by atoms with Gasteiger partial charge in [-0.05, 0) is 40.8 Å². The molecule has 0 radical (unpaired) electrons. The number of hydrogen-bond acceptors (Lipinski definition) is 7. The predicted molar refractivity (Wildman–Crippen MR) is 146 cm³/mol. The number of rotatable bonds is 9. The zero-order chi connectivity index (χ0) is 28.2. The third-order valence-electron chi connectivity index (χ3n) is 6.29. The molecule has 0 saturated heterocycles. The fourth-order valence-corrected chi connectivity index (χ4v) is 3.98. The molecule has 0 aliphatic heterocycles. The minimum Gasteiger partial charge on any atom is -0.497 e. The highest BCUT2D eigenvalue weighted by molar-refractivity contribution is 5.96. The van der Waals surface area contributed by atoms with Crippen LogP contribution in [0.4, 0.5) is 0 Å². The van der Waals surface area contributed by atoms with Crippen LogP contribution in [0.1, 0.15) is 42.3 Å². The number of carbonyl (C=O) groups is 2. The van der Waals surface area contributed by atoms with Gasteiger partial charge < -0.3 is 24.4 Å². The van der Waals surface area contributed by atoms with Gasteiger partial charge in [-0.3, -0.25) is 4.79 Å². The van der Waals surface area contributed by atoms with Crippen LogP contribution in [0.5, 0.6) is 11.5 Å². The lowest BCUT2D eigenvalue weighted by molar-refractivity contribution is -0.139. The molecule has 1 atom stereocenters. The zero-order valence-corrected chi connectivity index (χ0v) is 22.5. The summed E-state index contributed by atoms with van der Waals surface area (Å²) in [4.78, 5) is 29.1. The predicted octanol–water partition coefficient (Wildman–Crippen LogP) is 5.14. The van der Waals surface area contributed by atoms with E-state index >= 15 is 0 Å². The van der Waals surface area contributed by atoms with Gasteiger partial charge in [0.2, 0.25) is 5.82 Å². The number of nitrogens with zero attached hydrogens (tertiary/aromatic N) is 2. The SMILES string of the molecule is COc1cc(OC)cc(-c2nc(-c3ccc(C[C@H](NC(=O)c4ccc(C(C)(C)C)cc4)C(=O)O)cc3)no2)c1. The third kappa shape index (κ3) is 6.62. The molecule has 2 N–H and O–H groups in total. The lowest BCUT2D eigenvalue weighted by atomic mass is 9.86. The van der Waals surface area contributed by atoms with Crippen LogP contribution in [-0.2, 0) is 16.6 Å². The van der Waals surface area contributed by atoms with Gasteiger partial charge in [-0.2, -0.15) is 4.98 Å². The number of nitrogens with one attached hydrogen (secondary N) is 1. The van der Waals surface area contributed by atoms with Crippen molar-refractivity contribution in [2.24, 2.45) is 0 Å². The standard InChI is InChI=1S/C30H31N3O6/c1-30(2,3)22-12-10-20(11-13-22)27(34)31-25(29(35)36)14-18-6-8-19(9-7-18)26-32-28(39-33-26)21-15-23(37-4)17-24(16-21)38-5/h6-13,15-17,25H,14H2,1-5H3,(H,31,34)(H,35,36)/t25-/m0/s1. The number of aliphatic carboxylic acids is 1. The molecule has 0 aliphatic rings.